The van der Waals surface area contributed by atoms with Crippen LogP contribution in [0.3, 0.4) is 0 Å². The minimum Gasteiger partial charge on any atom is -0.494 e. The van der Waals surface area contributed by atoms with E-state index in [2.05, 4.69) is 17.6 Å². The first-order chi connectivity index (χ1) is 10.7. The van der Waals surface area contributed by atoms with Crippen molar-refractivity contribution >= 4 is 28.9 Å². The van der Waals surface area contributed by atoms with E-state index in [1.165, 1.54) is 0 Å². The zero-order valence-corrected chi connectivity index (χ0v) is 13.2. The summed E-state index contributed by atoms with van der Waals surface area (Å²) < 4.78 is 5.49. The monoisotopic (exact) mass is 318 g/mol. The minimum atomic E-state index is -0.123. The maximum absolute atomic E-state index is 11.9. The summed E-state index contributed by atoms with van der Waals surface area (Å²) in [6.07, 6.45) is 0.966. The first kappa shape index (κ1) is 16.2. The number of halogens is 1. The predicted molar refractivity (Wildman–Crippen MR) is 90.8 cm³/mol. The van der Waals surface area contributed by atoms with Crippen molar-refractivity contribution in [3.63, 3.8) is 0 Å². The largest absolute Gasteiger partial charge is 0.494 e. The van der Waals surface area contributed by atoms with E-state index in [-0.39, 0.29) is 12.5 Å². The molecular formula is C17H19ClN2O2. The van der Waals surface area contributed by atoms with E-state index in [1.807, 2.05) is 36.4 Å². The van der Waals surface area contributed by atoms with Crippen LogP contribution in [0, 0.1) is 0 Å². The molecule has 0 aliphatic carbocycles. The van der Waals surface area contributed by atoms with Gasteiger partial charge in [-0.05, 0) is 48.9 Å². The topological polar surface area (TPSA) is 50.4 Å². The van der Waals surface area contributed by atoms with E-state index < -0.39 is 0 Å². The highest BCUT2D eigenvalue weighted by Gasteiger charge is 2.03. The molecule has 2 aromatic rings. The summed E-state index contributed by atoms with van der Waals surface area (Å²) >= 11 is 5.89. The molecule has 0 bridgehead atoms. The van der Waals surface area contributed by atoms with Gasteiger partial charge in [-0.15, -0.1) is 0 Å². The third-order valence-corrected chi connectivity index (χ3v) is 3.12. The van der Waals surface area contributed by atoms with Gasteiger partial charge >= 0.3 is 0 Å². The van der Waals surface area contributed by atoms with E-state index in [1.54, 1.807) is 12.1 Å². The third kappa shape index (κ3) is 5.30. The smallest absolute Gasteiger partial charge is 0.243 e. The van der Waals surface area contributed by atoms with Crippen LogP contribution in [0.5, 0.6) is 5.75 Å². The summed E-state index contributed by atoms with van der Waals surface area (Å²) in [7, 11) is 0. The standard InChI is InChI=1S/C17H19ClN2O2/c1-2-10-22-16-8-6-14(7-9-16)20-17(21)12-19-15-5-3-4-13(18)11-15/h3-9,11,19H,2,10,12H2,1H3,(H,20,21). The molecule has 0 unspecified atom stereocenters. The number of carbonyl (C=O) groups excluding carboxylic acids is 1. The Morgan fingerprint density at radius 1 is 1.14 bits per heavy atom. The Kier molecular flexibility index (Phi) is 6.10. The molecule has 0 fully saturated rings. The Labute approximate surface area is 135 Å². The number of rotatable bonds is 7. The molecule has 0 heterocycles. The van der Waals surface area contributed by atoms with E-state index in [4.69, 9.17) is 16.3 Å². The molecule has 0 aliphatic heterocycles. The predicted octanol–water partition coefficient (Wildman–Crippen LogP) is 4.18. The van der Waals surface area contributed by atoms with Crippen LogP contribution in [0.25, 0.3) is 0 Å². The van der Waals surface area contributed by atoms with Crippen LogP contribution < -0.4 is 15.4 Å². The quantitative estimate of drug-likeness (QED) is 0.805. The SMILES string of the molecule is CCCOc1ccc(NC(=O)CNc2cccc(Cl)c2)cc1. The maximum atomic E-state index is 11.9. The van der Waals surface area contributed by atoms with Crippen molar-refractivity contribution < 1.29 is 9.53 Å². The van der Waals surface area contributed by atoms with Crippen LogP contribution in [0.15, 0.2) is 48.5 Å². The normalized spacial score (nSPS) is 10.1. The maximum Gasteiger partial charge on any atom is 0.243 e. The van der Waals surface area contributed by atoms with Crippen LogP contribution in [0.1, 0.15) is 13.3 Å². The molecule has 4 nitrogen and oxygen atoms in total. The van der Waals surface area contributed by atoms with Gasteiger partial charge in [0, 0.05) is 16.4 Å². The number of anilines is 2. The third-order valence-electron chi connectivity index (χ3n) is 2.89. The van der Waals surface area contributed by atoms with Gasteiger partial charge in [0.05, 0.1) is 13.2 Å². The minimum absolute atomic E-state index is 0.123. The summed E-state index contributed by atoms with van der Waals surface area (Å²) in [5, 5.41) is 6.48. The second-order valence-corrected chi connectivity index (χ2v) is 5.22. The number of nitrogens with one attached hydrogen (secondary N) is 2. The molecule has 116 valence electrons. The van der Waals surface area contributed by atoms with Crippen LogP contribution in [0.2, 0.25) is 5.02 Å². The fourth-order valence-corrected chi connectivity index (χ4v) is 2.03. The van der Waals surface area contributed by atoms with Crippen LogP contribution >= 0.6 is 11.6 Å². The van der Waals surface area contributed by atoms with E-state index in [0.717, 1.165) is 23.5 Å². The summed E-state index contributed by atoms with van der Waals surface area (Å²) in [5.41, 5.74) is 1.55. The summed E-state index contributed by atoms with van der Waals surface area (Å²) in [5.74, 6) is 0.680. The van der Waals surface area contributed by atoms with Crippen molar-refractivity contribution in [3.05, 3.63) is 53.6 Å². The number of amides is 1. The van der Waals surface area contributed by atoms with Gasteiger partial charge in [0.15, 0.2) is 0 Å². The lowest BCUT2D eigenvalue weighted by Gasteiger charge is -2.09. The Balaban J connectivity index is 1.81. The first-order valence-electron chi connectivity index (χ1n) is 7.19. The van der Waals surface area contributed by atoms with Crippen LogP contribution in [0.4, 0.5) is 11.4 Å². The van der Waals surface area contributed by atoms with Crippen LogP contribution in [-0.4, -0.2) is 19.1 Å². The van der Waals surface area contributed by atoms with Gasteiger partial charge in [-0.25, -0.2) is 0 Å². The molecule has 0 aromatic heterocycles. The van der Waals surface area contributed by atoms with E-state index >= 15 is 0 Å². The molecule has 0 atom stereocenters. The van der Waals surface area contributed by atoms with Gasteiger partial charge < -0.3 is 15.4 Å². The summed E-state index contributed by atoms with van der Waals surface area (Å²) in [6.45, 7) is 2.92. The fourth-order valence-electron chi connectivity index (χ4n) is 1.84. The van der Waals surface area contributed by atoms with Crippen molar-refractivity contribution in [2.24, 2.45) is 0 Å². The van der Waals surface area contributed by atoms with Gasteiger partial charge in [0.25, 0.3) is 0 Å². The second-order valence-electron chi connectivity index (χ2n) is 4.78. The lowest BCUT2D eigenvalue weighted by molar-refractivity contribution is -0.114. The van der Waals surface area contributed by atoms with E-state index in [9.17, 15) is 4.79 Å². The van der Waals surface area contributed by atoms with Gasteiger partial charge in [0.2, 0.25) is 5.91 Å². The summed E-state index contributed by atoms with van der Waals surface area (Å²) in [4.78, 5) is 11.9. The van der Waals surface area contributed by atoms with Gasteiger partial charge in [-0.2, -0.15) is 0 Å². The molecule has 0 spiro atoms. The summed E-state index contributed by atoms with van der Waals surface area (Å²) in [6, 6.07) is 14.6. The molecule has 0 radical (unpaired) electrons. The average Bonchev–Trinajstić information content (AvgIpc) is 2.52. The lowest BCUT2D eigenvalue weighted by Crippen LogP contribution is -2.21. The van der Waals surface area contributed by atoms with Crippen molar-refractivity contribution in [2.45, 2.75) is 13.3 Å². The number of hydrogen-bond donors (Lipinski definition) is 2. The van der Waals surface area contributed by atoms with E-state index in [0.29, 0.717) is 11.6 Å². The number of ether oxygens (including phenoxy) is 1. The van der Waals surface area contributed by atoms with Gasteiger partial charge in [0.1, 0.15) is 5.75 Å². The lowest BCUT2D eigenvalue weighted by atomic mass is 10.3. The number of hydrogen-bond acceptors (Lipinski definition) is 3. The Morgan fingerprint density at radius 2 is 1.91 bits per heavy atom. The molecule has 2 aromatic carbocycles. The molecule has 1 amide bonds. The molecule has 2 N–H and O–H groups in total. The van der Waals surface area contributed by atoms with Crippen LogP contribution in [-0.2, 0) is 4.79 Å². The molecule has 22 heavy (non-hydrogen) atoms. The van der Waals surface area contributed by atoms with Crippen molar-refractivity contribution in [3.8, 4) is 5.75 Å². The highest BCUT2D eigenvalue weighted by atomic mass is 35.5. The Hall–Kier alpha value is -2.20. The van der Waals surface area contributed by atoms with Crippen molar-refractivity contribution in [1.29, 1.82) is 0 Å². The Bertz CT molecular complexity index is 614. The fraction of sp³-hybridized carbons (Fsp3) is 0.235. The second kappa shape index (κ2) is 8.29. The molecule has 0 saturated carbocycles. The zero-order chi connectivity index (χ0) is 15.8. The molecule has 5 heteroatoms. The average molecular weight is 319 g/mol. The van der Waals surface area contributed by atoms with Gasteiger partial charge in [-0.1, -0.05) is 24.6 Å². The molecule has 0 saturated heterocycles. The highest BCUT2D eigenvalue weighted by molar-refractivity contribution is 6.30. The molecule has 2 rings (SSSR count). The van der Waals surface area contributed by atoms with Crippen molar-refractivity contribution in [2.75, 3.05) is 23.8 Å². The zero-order valence-electron chi connectivity index (χ0n) is 12.4. The van der Waals surface area contributed by atoms with Crippen molar-refractivity contribution in [1.82, 2.24) is 0 Å². The molecular weight excluding hydrogens is 300 g/mol. The Morgan fingerprint density at radius 3 is 2.59 bits per heavy atom. The molecule has 0 aliphatic rings. The highest BCUT2D eigenvalue weighted by Crippen LogP contribution is 2.16. The van der Waals surface area contributed by atoms with Gasteiger partial charge in [-0.3, -0.25) is 4.79 Å². The number of carbonyl (C=O) groups is 1. The first-order valence-corrected chi connectivity index (χ1v) is 7.57. The number of benzene rings is 2.